The molecular formula is C10H5F2NO2. The van der Waals surface area contributed by atoms with Crippen molar-refractivity contribution < 1.29 is 18.7 Å². The lowest BCUT2D eigenvalue weighted by molar-refractivity contribution is -0.134. The van der Waals surface area contributed by atoms with Crippen molar-refractivity contribution in [2.24, 2.45) is 0 Å². The third-order valence-electron chi connectivity index (χ3n) is 1.61. The van der Waals surface area contributed by atoms with Crippen molar-refractivity contribution in [1.29, 1.82) is 5.26 Å². The van der Waals surface area contributed by atoms with Gasteiger partial charge >= 0.3 is 5.97 Å². The molecule has 15 heavy (non-hydrogen) atoms. The maximum Gasteiger partial charge on any atom is 0.364 e. The van der Waals surface area contributed by atoms with Crippen LogP contribution >= 0.6 is 0 Å². The zero-order valence-electron chi connectivity index (χ0n) is 7.37. The number of carboxylic acid groups (broad SMARTS) is 1. The highest BCUT2D eigenvalue weighted by Crippen LogP contribution is 2.13. The molecular weight excluding hydrogens is 204 g/mol. The molecule has 0 spiro atoms. The highest BCUT2D eigenvalue weighted by Gasteiger charge is 2.06. The molecule has 5 heteroatoms. The van der Waals surface area contributed by atoms with Gasteiger partial charge in [-0.15, -0.1) is 0 Å². The molecule has 0 aliphatic carbocycles. The molecule has 0 fully saturated rings. The smallest absolute Gasteiger partial charge is 0.364 e. The molecule has 0 aliphatic heterocycles. The van der Waals surface area contributed by atoms with Crippen molar-refractivity contribution in [2.45, 2.75) is 0 Å². The highest BCUT2D eigenvalue weighted by atomic mass is 19.1. The Bertz CT molecular complexity index is 475. The molecule has 1 aromatic rings. The number of hydrogen-bond acceptors (Lipinski definition) is 2. The van der Waals surface area contributed by atoms with E-state index in [1.807, 2.05) is 0 Å². The van der Waals surface area contributed by atoms with Crippen LogP contribution in [0.25, 0.3) is 6.08 Å². The summed E-state index contributed by atoms with van der Waals surface area (Å²) in [6.45, 7) is 0. The Morgan fingerprint density at radius 3 is 2.73 bits per heavy atom. The lowest BCUT2D eigenvalue weighted by atomic mass is 10.1. The lowest BCUT2D eigenvalue weighted by Crippen LogP contribution is -1.94. The van der Waals surface area contributed by atoms with Gasteiger partial charge in [0.05, 0.1) is 5.56 Å². The topological polar surface area (TPSA) is 61.1 Å². The molecule has 0 aromatic heterocycles. The number of halogens is 2. The van der Waals surface area contributed by atoms with Crippen molar-refractivity contribution in [3.63, 3.8) is 0 Å². The van der Waals surface area contributed by atoms with E-state index in [9.17, 15) is 13.6 Å². The summed E-state index contributed by atoms with van der Waals surface area (Å²) in [4.78, 5) is 10.1. The third kappa shape index (κ3) is 2.61. The predicted octanol–water partition coefficient (Wildman–Crippen LogP) is 2.09. The number of carboxylic acids is 1. The third-order valence-corrected chi connectivity index (χ3v) is 1.61. The van der Waals surface area contributed by atoms with Crippen molar-refractivity contribution in [2.75, 3.05) is 0 Å². The highest BCUT2D eigenvalue weighted by molar-refractivity contribution is 5.89. The molecule has 0 saturated carbocycles. The Hall–Kier alpha value is -2.22. The van der Waals surface area contributed by atoms with Gasteiger partial charge in [-0.05, 0) is 23.8 Å². The molecule has 1 rings (SSSR count). The second kappa shape index (κ2) is 4.33. The summed E-state index contributed by atoms with van der Waals surface area (Å²) in [5.74, 6) is -3.81. The fraction of sp³-hybridized carbons (Fsp3) is 0. The van der Waals surface area contributed by atoms with E-state index in [2.05, 4.69) is 0 Å². The van der Waals surface area contributed by atoms with Gasteiger partial charge in [-0.1, -0.05) is 6.07 Å². The van der Waals surface area contributed by atoms with Crippen LogP contribution in [0.4, 0.5) is 8.78 Å². The number of nitriles is 1. The monoisotopic (exact) mass is 209 g/mol. The minimum Gasteiger partial charge on any atom is -0.476 e. The van der Waals surface area contributed by atoms with E-state index in [1.165, 1.54) is 6.07 Å². The number of rotatable bonds is 2. The minimum absolute atomic E-state index is 0.118. The minimum atomic E-state index is -1.71. The van der Waals surface area contributed by atoms with Crippen LogP contribution < -0.4 is 0 Å². The zero-order chi connectivity index (χ0) is 11.4. The first-order valence-corrected chi connectivity index (χ1v) is 3.84. The summed E-state index contributed by atoms with van der Waals surface area (Å²) in [6.07, 6.45) is 0.711. The van der Waals surface area contributed by atoms with E-state index in [4.69, 9.17) is 10.4 Å². The van der Waals surface area contributed by atoms with Crippen LogP contribution in [0.2, 0.25) is 0 Å². The van der Waals surface area contributed by atoms with E-state index >= 15 is 0 Å². The Morgan fingerprint density at radius 1 is 1.53 bits per heavy atom. The first-order valence-electron chi connectivity index (χ1n) is 3.84. The Balaban J connectivity index is 3.14. The van der Waals surface area contributed by atoms with Crippen LogP contribution in [-0.4, -0.2) is 11.1 Å². The number of benzene rings is 1. The molecule has 0 amide bonds. The van der Waals surface area contributed by atoms with Gasteiger partial charge < -0.3 is 5.11 Å². The van der Waals surface area contributed by atoms with E-state index in [1.54, 1.807) is 6.07 Å². The summed E-state index contributed by atoms with van der Waals surface area (Å²) in [6, 6.07) is 4.78. The molecule has 0 heterocycles. The average molecular weight is 209 g/mol. The molecule has 76 valence electrons. The maximum atomic E-state index is 12.8. The predicted molar refractivity (Wildman–Crippen MR) is 47.8 cm³/mol. The molecule has 0 radical (unpaired) electrons. The fourth-order valence-corrected chi connectivity index (χ4v) is 0.926. The summed E-state index contributed by atoms with van der Waals surface area (Å²) >= 11 is 0. The summed E-state index contributed by atoms with van der Waals surface area (Å²) in [5.41, 5.74) is -0.144. The first-order chi connectivity index (χ1) is 7.04. The summed E-state index contributed by atoms with van der Waals surface area (Å²) in [7, 11) is 0. The molecule has 0 aliphatic rings. The van der Waals surface area contributed by atoms with Gasteiger partial charge in [0.15, 0.2) is 0 Å². The first kappa shape index (κ1) is 10.9. The molecule has 0 saturated heterocycles. The zero-order valence-corrected chi connectivity index (χ0v) is 7.37. The van der Waals surface area contributed by atoms with E-state index in [0.717, 1.165) is 12.1 Å². The van der Waals surface area contributed by atoms with Gasteiger partial charge in [0, 0.05) is 0 Å². The van der Waals surface area contributed by atoms with Crippen LogP contribution in [0.3, 0.4) is 0 Å². The lowest BCUT2D eigenvalue weighted by Gasteiger charge is -1.96. The largest absolute Gasteiger partial charge is 0.476 e. The Kier molecular flexibility index (Phi) is 3.13. The second-order valence-electron chi connectivity index (χ2n) is 2.65. The molecule has 1 N–H and O–H groups in total. The molecule has 0 bridgehead atoms. The van der Waals surface area contributed by atoms with Crippen LogP contribution in [0.15, 0.2) is 24.0 Å². The van der Waals surface area contributed by atoms with Gasteiger partial charge in [0.25, 0.3) is 0 Å². The van der Waals surface area contributed by atoms with Crippen molar-refractivity contribution in [1.82, 2.24) is 0 Å². The van der Waals surface area contributed by atoms with Gasteiger partial charge in [0.2, 0.25) is 5.83 Å². The van der Waals surface area contributed by atoms with Crippen LogP contribution in [0.5, 0.6) is 0 Å². The quantitative estimate of drug-likeness (QED) is 0.758. The van der Waals surface area contributed by atoms with Gasteiger partial charge in [0.1, 0.15) is 11.9 Å². The number of hydrogen-bond donors (Lipinski definition) is 1. The van der Waals surface area contributed by atoms with E-state index in [-0.39, 0.29) is 11.1 Å². The standard InChI is InChI=1S/C10H5F2NO2/c11-8-2-1-6(3-7(8)5-13)4-9(12)10(14)15/h1-4H,(H,14,15)/b9-4-. The van der Waals surface area contributed by atoms with Crippen LogP contribution in [0.1, 0.15) is 11.1 Å². The average Bonchev–Trinajstić information content (AvgIpc) is 2.20. The van der Waals surface area contributed by atoms with Crippen LogP contribution in [-0.2, 0) is 4.79 Å². The van der Waals surface area contributed by atoms with Crippen molar-refractivity contribution >= 4 is 12.0 Å². The maximum absolute atomic E-state index is 12.8. The van der Waals surface area contributed by atoms with E-state index in [0.29, 0.717) is 6.08 Å². The Morgan fingerprint density at radius 2 is 2.20 bits per heavy atom. The molecule has 0 unspecified atom stereocenters. The molecule has 3 nitrogen and oxygen atoms in total. The summed E-state index contributed by atoms with van der Waals surface area (Å²) in [5, 5.41) is 16.7. The van der Waals surface area contributed by atoms with Crippen molar-refractivity contribution in [3.05, 3.63) is 41.0 Å². The molecule has 1 aromatic carbocycles. The molecule has 0 atom stereocenters. The van der Waals surface area contributed by atoms with Crippen molar-refractivity contribution in [3.8, 4) is 6.07 Å². The van der Waals surface area contributed by atoms with Crippen LogP contribution in [0, 0.1) is 17.1 Å². The van der Waals surface area contributed by atoms with Gasteiger partial charge in [-0.3, -0.25) is 0 Å². The number of nitrogens with zero attached hydrogens (tertiary/aromatic N) is 1. The van der Waals surface area contributed by atoms with E-state index < -0.39 is 17.6 Å². The second-order valence-corrected chi connectivity index (χ2v) is 2.65. The number of carbonyl (C=O) groups is 1. The van der Waals surface area contributed by atoms with Gasteiger partial charge in [-0.2, -0.15) is 9.65 Å². The SMILES string of the molecule is N#Cc1cc(/C=C(\F)C(=O)O)ccc1F. The normalized spacial score (nSPS) is 10.9. The van der Waals surface area contributed by atoms with Gasteiger partial charge in [-0.25, -0.2) is 9.18 Å². The number of aliphatic carboxylic acids is 1. The Labute approximate surface area is 83.9 Å². The summed E-state index contributed by atoms with van der Waals surface area (Å²) < 4.78 is 25.4. The fourth-order valence-electron chi connectivity index (χ4n) is 0.926.